The fourth-order valence-electron chi connectivity index (χ4n) is 2.48. The van der Waals surface area contributed by atoms with E-state index in [0.29, 0.717) is 22.5 Å². The molecular formula is C19H17NO5. The summed E-state index contributed by atoms with van der Waals surface area (Å²) in [7, 11) is 2.89. The second-order valence-electron chi connectivity index (χ2n) is 5.35. The average molecular weight is 339 g/mol. The van der Waals surface area contributed by atoms with Gasteiger partial charge in [0, 0.05) is 5.39 Å². The highest BCUT2D eigenvalue weighted by atomic mass is 16.5. The van der Waals surface area contributed by atoms with Gasteiger partial charge in [0.05, 0.1) is 19.9 Å². The van der Waals surface area contributed by atoms with Crippen molar-refractivity contribution in [2.24, 2.45) is 0 Å². The third-order valence-corrected chi connectivity index (χ3v) is 3.78. The van der Waals surface area contributed by atoms with Crippen LogP contribution in [0.2, 0.25) is 0 Å². The second-order valence-corrected chi connectivity index (χ2v) is 5.35. The summed E-state index contributed by atoms with van der Waals surface area (Å²) in [6.07, 6.45) is 3.44. The maximum Gasteiger partial charge on any atom is 0.200 e. The molecule has 0 aliphatic carbocycles. The van der Waals surface area contributed by atoms with Crippen molar-refractivity contribution in [1.82, 2.24) is 4.98 Å². The normalized spacial score (nSPS) is 11.1. The number of rotatable bonds is 4. The van der Waals surface area contributed by atoms with Crippen LogP contribution < -0.4 is 9.47 Å². The van der Waals surface area contributed by atoms with Crippen LogP contribution in [0.4, 0.5) is 0 Å². The molecule has 2 aromatic carbocycles. The Labute approximate surface area is 144 Å². The quantitative estimate of drug-likeness (QED) is 0.630. The van der Waals surface area contributed by atoms with Crippen LogP contribution in [-0.4, -0.2) is 34.5 Å². The van der Waals surface area contributed by atoms with Gasteiger partial charge < -0.3 is 24.8 Å². The number of aromatic nitrogens is 1. The smallest absolute Gasteiger partial charge is 0.200 e. The van der Waals surface area contributed by atoms with Crippen molar-refractivity contribution < 1.29 is 24.8 Å². The van der Waals surface area contributed by atoms with E-state index in [1.165, 1.54) is 20.3 Å². The van der Waals surface area contributed by atoms with E-state index in [4.69, 9.17) is 9.47 Å². The van der Waals surface area contributed by atoms with E-state index < -0.39 is 0 Å². The first-order valence-electron chi connectivity index (χ1n) is 7.48. The predicted octanol–water partition coefficient (Wildman–Crippen LogP) is 3.54. The van der Waals surface area contributed by atoms with Crippen LogP contribution in [0.1, 0.15) is 11.3 Å². The van der Waals surface area contributed by atoms with E-state index in [-0.39, 0.29) is 23.0 Å². The van der Waals surface area contributed by atoms with E-state index in [2.05, 4.69) is 4.98 Å². The minimum Gasteiger partial charge on any atom is -0.504 e. The van der Waals surface area contributed by atoms with Crippen LogP contribution >= 0.6 is 0 Å². The molecular weight excluding hydrogens is 322 g/mol. The molecule has 0 aliphatic heterocycles. The zero-order valence-electron chi connectivity index (χ0n) is 13.7. The molecule has 0 aliphatic rings. The molecule has 128 valence electrons. The number of benzene rings is 2. The Hall–Kier alpha value is -3.41. The SMILES string of the molecule is COc1cc(/C=C/c2ccc3ccc(OC)c(O)c3n2)cc(O)c1O. The third-order valence-electron chi connectivity index (χ3n) is 3.78. The third kappa shape index (κ3) is 3.14. The molecule has 0 amide bonds. The molecule has 3 aromatic rings. The summed E-state index contributed by atoms with van der Waals surface area (Å²) in [5.74, 6) is -0.0598. The van der Waals surface area contributed by atoms with Gasteiger partial charge >= 0.3 is 0 Å². The molecule has 0 unspecified atom stereocenters. The molecule has 1 heterocycles. The molecule has 0 spiro atoms. The van der Waals surface area contributed by atoms with Gasteiger partial charge in [-0.05, 0) is 42.0 Å². The highest BCUT2D eigenvalue weighted by Gasteiger charge is 2.09. The Kier molecular flexibility index (Phi) is 4.35. The summed E-state index contributed by atoms with van der Waals surface area (Å²) in [5.41, 5.74) is 1.68. The summed E-state index contributed by atoms with van der Waals surface area (Å²) in [6, 6.07) is 10.2. The number of phenols is 3. The topological polar surface area (TPSA) is 92.0 Å². The van der Waals surface area contributed by atoms with Crippen molar-refractivity contribution in [3.8, 4) is 28.7 Å². The Morgan fingerprint density at radius 3 is 2.28 bits per heavy atom. The van der Waals surface area contributed by atoms with Crippen LogP contribution in [0.3, 0.4) is 0 Å². The van der Waals surface area contributed by atoms with Gasteiger partial charge in [0.1, 0.15) is 5.52 Å². The van der Waals surface area contributed by atoms with Gasteiger partial charge in [-0.2, -0.15) is 0 Å². The second kappa shape index (κ2) is 6.60. The number of fused-ring (bicyclic) bond motifs is 1. The Morgan fingerprint density at radius 2 is 1.56 bits per heavy atom. The van der Waals surface area contributed by atoms with Crippen LogP contribution in [0.5, 0.6) is 28.7 Å². The molecule has 6 heteroatoms. The Morgan fingerprint density at radius 1 is 0.840 bits per heavy atom. The number of nitrogens with zero attached hydrogens (tertiary/aromatic N) is 1. The largest absolute Gasteiger partial charge is 0.504 e. The van der Waals surface area contributed by atoms with Crippen LogP contribution in [0.15, 0.2) is 36.4 Å². The molecule has 6 nitrogen and oxygen atoms in total. The molecule has 0 fully saturated rings. The van der Waals surface area contributed by atoms with E-state index in [1.807, 2.05) is 18.2 Å². The summed E-state index contributed by atoms with van der Waals surface area (Å²) in [4.78, 5) is 4.42. The fourth-order valence-corrected chi connectivity index (χ4v) is 2.48. The number of hydrogen-bond donors (Lipinski definition) is 3. The van der Waals surface area contributed by atoms with Gasteiger partial charge in [-0.3, -0.25) is 0 Å². The van der Waals surface area contributed by atoms with Crippen molar-refractivity contribution in [2.75, 3.05) is 14.2 Å². The molecule has 3 rings (SSSR count). The summed E-state index contributed by atoms with van der Waals surface area (Å²) >= 11 is 0. The predicted molar refractivity (Wildman–Crippen MR) is 95.2 cm³/mol. The molecule has 0 radical (unpaired) electrons. The lowest BCUT2D eigenvalue weighted by Crippen LogP contribution is -1.88. The summed E-state index contributed by atoms with van der Waals surface area (Å²) < 4.78 is 10.1. The monoisotopic (exact) mass is 339 g/mol. The molecule has 0 saturated heterocycles. The number of pyridine rings is 1. The molecule has 0 bridgehead atoms. The van der Waals surface area contributed by atoms with E-state index in [9.17, 15) is 15.3 Å². The Bertz CT molecular complexity index is 966. The maximum absolute atomic E-state index is 10.2. The highest BCUT2D eigenvalue weighted by Crippen LogP contribution is 2.37. The van der Waals surface area contributed by atoms with Gasteiger partial charge in [0.25, 0.3) is 0 Å². The van der Waals surface area contributed by atoms with Crippen LogP contribution in [0.25, 0.3) is 23.1 Å². The minimum absolute atomic E-state index is 0.0146. The maximum atomic E-state index is 10.2. The van der Waals surface area contributed by atoms with E-state index >= 15 is 0 Å². The number of methoxy groups -OCH3 is 2. The minimum atomic E-state index is -0.305. The van der Waals surface area contributed by atoms with Crippen molar-refractivity contribution in [1.29, 1.82) is 0 Å². The van der Waals surface area contributed by atoms with Gasteiger partial charge in [0.2, 0.25) is 5.75 Å². The number of aromatic hydroxyl groups is 3. The molecule has 0 saturated carbocycles. The number of hydrogen-bond acceptors (Lipinski definition) is 6. The van der Waals surface area contributed by atoms with Crippen LogP contribution in [-0.2, 0) is 0 Å². The van der Waals surface area contributed by atoms with E-state index in [1.54, 1.807) is 24.3 Å². The molecule has 25 heavy (non-hydrogen) atoms. The van der Waals surface area contributed by atoms with Crippen molar-refractivity contribution in [3.63, 3.8) is 0 Å². The zero-order valence-corrected chi connectivity index (χ0v) is 13.7. The lowest BCUT2D eigenvalue weighted by Gasteiger charge is -2.07. The number of ether oxygens (including phenoxy) is 2. The van der Waals surface area contributed by atoms with Crippen molar-refractivity contribution in [2.45, 2.75) is 0 Å². The summed E-state index contributed by atoms with van der Waals surface area (Å²) in [5, 5.41) is 30.4. The first kappa shape index (κ1) is 16.4. The van der Waals surface area contributed by atoms with Gasteiger partial charge in [-0.15, -0.1) is 0 Å². The lowest BCUT2D eigenvalue weighted by molar-refractivity contribution is 0.351. The molecule has 3 N–H and O–H groups in total. The fraction of sp³-hybridized carbons (Fsp3) is 0.105. The van der Waals surface area contributed by atoms with Gasteiger partial charge in [-0.25, -0.2) is 4.98 Å². The van der Waals surface area contributed by atoms with Gasteiger partial charge in [-0.1, -0.05) is 12.1 Å². The van der Waals surface area contributed by atoms with Crippen molar-refractivity contribution >= 4 is 23.1 Å². The Balaban J connectivity index is 1.99. The molecule has 1 aromatic heterocycles. The first-order chi connectivity index (χ1) is 12.0. The highest BCUT2D eigenvalue weighted by molar-refractivity contribution is 5.88. The zero-order chi connectivity index (χ0) is 18.0. The molecule has 0 atom stereocenters. The van der Waals surface area contributed by atoms with Gasteiger partial charge in [0.15, 0.2) is 23.0 Å². The number of phenolic OH excluding ortho intramolecular Hbond substituents is 3. The summed E-state index contributed by atoms with van der Waals surface area (Å²) in [6.45, 7) is 0. The van der Waals surface area contributed by atoms with Crippen LogP contribution in [0, 0.1) is 0 Å². The van der Waals surface area contributed by atoms with Crippen molar-refractivity contribution in [3.05, 3.63) is 47.7 Å². The average Bonchev–Trinajstić information content (AvgIpc) is 2.63. The first-order valence-corrected chi connectivity index (χ1v) is 7.48. The van der Waals surface area contributed by atoms with E-state index in [0.717, 1.165) is 5.39 Å². The standard InChI is InChI=1S/C19H17NO5/c1-24-15-8-5-12-4-7-13(20-17(12)19(15)23)6-3-11-9-14(21)18(22)16(10-11)25-2/h3-10,21-23H,1-2H3/b6-3+. The lowest BCUT2D eigenvalue weighted by atomic mass is 10.1.